The fourth-order valence-electron chi connectivity index (χ4n) is 2.54. The van der Waals surface area contributed by atoms with Crippen molar-refractivity contribution < 1.29 is 0 Å². The Morgan fingerprint density at radius 2 is 1.23 bits per heavy atom. The molecule has 0 fully saturated rings. The molecule has 0 aliphatic heterocycles. The van der Waals surface area contributed by atoms with Crippen molar-refractivity contribution in [2.45, 2.75) is 5.92 Å². The zero-order valence-electron chi connectivity index (χ0n) is 12.2. The minimum atomic E-state index is 0.594. The highest BCUT2D eigenvalue weighted by Gasteiger charge is 2.32. The Hall–Kier alpha value is -2.78. The molecule has 0 saturated heterocycles. The van der Waals surface area contributed by atoms with E-state index < -0.39 is 0 Å². The van der Waals surface area contributed by atoms with Crippen molar-refractivity contribution in [1.82, 2.24) is 0 Å². The number of benzene rings is 3. The van der Waals surface area contributed by atoms with Crippen molar-refractivity contribution in [3.8, 4) is 0 Å². The smallest absolute Gasteiger partial charge is 0.0486 e. The van der Waals surface area contributed by atoms with E-state index in [0.717, 1.165) is 11.4 Å². The molecule has 3 heteroatoms. The zero-order valence-corrected chi connectivity index (χ0v) is 12.2. The maximum Gasteiger partial charge on any atom is 0.0486 e. The molecule has 5 N–H and O–H groups in total. The standard InChI is InChI=1S/C13H10.C6H9N3/c1-2-6-10(7-3-1)13-11-8-4-5-9-12(11)13;7-5-1-3-6(9-8)4-2-5/h1-9,13H;1-4,9H,7-8H2. The molecule has 0 bridgehead atoms. The molecule has 1 aliphatic rings. The van der Waals surface area contributed by atoms with Crippen LogP contribution in [0.3, 0.4) is 0 Å². The lowest BCUT2D eigenvalue weighted by molar-refractivity contribution is 1.21. The highest BCUT2D eigenvalue weighted by molar-refractivity contribution is 5.59. The van der Waals surface area contributed by atoms with Crippen molar-refractivity contribution in [2.75, 3.05) is 11.2 Å². The largest absolute Gasteiger partial charge is 0.399 e. The minimum absolute atomic E-state index is 0.594. The lowest BCUT2D eigenvalue weighted by Crippen LogP contribution is -2.06. The lowest BCUT2D eigenvalue weighted by atomic mass is 10.1. The first kappa shape index (κ1) is 14.2. The summed E-state index contributed by atoms with van der Waals surface area (Å²) in [4.78, 5) is 0. The Labute approximate surface area is 130 Å². The quantitative estimate of drug-likeness (QED) is 0.299. The monoisotopic (exact) mass is 289 g/mol. The Bertz CT molecular complexity index is 713. The summed E-state index contributed by atoms with van der Waals surface area (Å²) in [7, 11) is 0. The number of nitrogens with two attached hydrogens (primary N) is 2. The van der Waals surface area contributed by atoms with Gasteiger partial charge in [-0.25, -0.2) is 0 Å². The van der Waals surface area contributed by atoms with Crippen molar-refractivity contribution >= 4 is 11.4 Å². The van der Waals surface area contributed by atoms with Gasteiger partial charge in [-0.05, 0) is 41.0 Å². The number of nitrogen functional groups attached to an aromatic ring is 2. The molecule has 0 heterocycles. The van der Waals surface area contributed by atoms with Gasteiger partial charge in [0.1, 0.15) is 0 Å². The van der Waals surface area contributed by atoms with Gasteiger partial charge in [-0.1, -0.05) is 54.6 Å². The summed E-state index contributed by atoms with van der Waals surface area (Å²) in [5, 5.41) is 0. The van der Waals surface area contributed by atoms with Gasteiger partial charge in [-0.3, -0.25) is 5.84 Å². The number of hydrazine groups is 1. The first-order valence-corrected chi connectivity index (χ1v) is 7.25. The predicted octanol–water partition coefficient (Wildman–Crippen LogP) is 3.73. The molecule has 22 heavy (non-hydrogen) atoms. The van der Waals surface area contributed by atoms with Crippen LogP contribution in [0, 0.1) is 0 Å². The number of rotatable bonds is 2. The normalized spacial score (nSPS) is 11.9. The van der Waals surface area contributed by atoms with Crippen LogP contribution in [0.4, 0.5) is 11.4 Å². The van der Waals surface area contributed by atoms with E-state index in [0.29, 0.717) is 5.92 Å². The van der Waals surface area contributed by atoms with E-state index in [9.17, 15) is 0 Å². The second-order valence-electron chi connectivity index (χ2n) is 5.24. The molecule has 0 saturated carbocycles. The first-order valence-electron chi connectivity index (χ1n) is 7.25. The van der Waals surface area contributed by atoms with Crippen LogP contribution in [-0.2, 0) is 0 Å². The van der Waals surface area contributed by atoms with Crippen LogP contribution >= 0.6 is 0 Å². The van der Waals surface area contributed by atoms with Crippen molar-refractivity contribution in [3.05, 3.63) is 95.6 Å². The van der Waals surface area contributed by atoms with Gasteiger partial charge in [0.2, 0.25) is 0 Å². The maximum atomic E-state index is 5.41. The fourth-order valence-corrected chi connectivity index (χ4v) is 2.54. The fraction of sp³-hybridized carbons (Fsp3) is 0.0526. The molecule has 4 rings (SSSR count). The first-order chi connectivity index (χ1) is 10.8. The zero-order chi connectivity index (χ0) is 15.4. The molecular formula is C19H19N3. The number of hydrogen-bond donors (Lipinski definition) is 3. The van der Waals surface area contributed by atoms with Crippen LogP contribution in [0.1, 0.15) is 22.6 Å². The topological polar surface area (TPSA) is 64.1 Å². The average Bonchev–Trinajstić information content (AvgIpc) is 3.31. The highest BCUT2D eigenvalue weighted by atomic mass is 15.2. The molecule has 3 nitrogen and oxygen atoms in total. The van der Waals surface area contributed by atoms with Gasteiger partial charge in [-0.2, -0.15) is 0 Å². The average molecular weight is 289 g/mol. The van der Waals surface area contributed by atoms with E-state index in [1.807, 2.05) is 12.1 Å². The second-order valence-corrected chi connectivity index (χ2v) is 5.24. The van der Waals surface area contributed by atoms with Crippen LogP contribution in [0.15, 0.2) is 78.9 Å². The second kappa shape index (κ2) is 6.33. The number of anilines is 2. The lowest BCUT2D eigenvalue weighted by Gasteiger charge is -1.97. The molecule has 0 amide bonds. The third-order valence-corrected chi connectivity index (χ3v) is 3.74. The van der Waals surface area contributed by atoms with Crippen molar-refractivity contribution in [1.29, 1.82) is 0 Å². The van der Waals surface area contributed by atoms with E-state index in [-0.39, 0.29) is 0 Å². The van der Waals surface area contributed by atoms with Crippen LogP contribution < -0.4 is 17.0 Å². The molecule has 0 atom stereocenters. The minimum Gasteiger partial charge on any atom is -0.399 e. The molecular weight excluding hydrogens is 270 g/mol. The Morgan fingerprint density at radius 3 is 1.77 bits per heavy atom. The third-order valence-electron chi connectivity index (χ3n) is 3.74. The van der Waals surface area contributed by atoms with E-state index in [4.69, 9.17) is 11.6 Å². The summed E-state index contributed by atoms with van der Waals surface area (Å²) in [6.07, 6.45) is 0. The Balaban J connectivity index is 0.000000142. The molecule has 1 aliphatic carbocycles. The Morgan fingerprint density at radius 1 is 0.682 bits per heavy atom. The van der Waals surface area contributed by atoms with Gasteiger partial charge in [0.05, 0.1) is 0 Å². The molecule has 0 radical (unpaired) electrons. The molecule has 110 valence electrons. The third kappa shape index (κ3) is 3.10. The summed E-state index contributed by atoms with van der Waals surface area (Å²) in [5.74, 6) is 5.70. The summed E-state index contributed by atoms with van der Waals surface area (Å²) in [6.45, 7) is 0. The Kier molecular flexibility index (Phi) is 4.08. The molecule has 3 aromatic rings. The van der Waals surface area contributed by atoms with Crippen LogP contribution in [0.5, 0.6) is 0 Å². The number of nitrogens with one attached hydrogen (secondary N) is 1. The van der Waals surface area contributed by atoms with Gasteiger partial charge in [-0.15, -0.1) is 0 Å². The SMILES string of the molecule is NNc1ccc(N)cc1.c1ccc(C2c3ccccc32)cc1. The van der Waals surface area contributed by atoms with Gasteiger partial charge in [0, 0.05) is 17.3 Å². The molecule has 0 aromatic heterocycles. The van der Waals surface area contributed by atoms with Crippen LogP contribution in [0.2, 0.25) is 0 Å². The highest BCUT2D eigenvalue weighted by Crippen LogP contribution is 2.47. The number of fused-ring (bicyclic) bond motifs is 1. The van der Waals surface area contributed by atoms with E-state index in [1.165, 1.54) is 16.7 Å². The summed E-state index contributed by atoms with van der Waals surface area (Å²) >= 11 is 0. The predicted molar refractivity (Wildman–Crippen MR) is 92.5 cm³/mol. The van der Waals surface area contributed by atoms with E-state index in [1.54, 1.807) is 12.1 Å². The van der Waals surface area contributed by atoms with Gasteiger partial charge in [0.15, 0.2) is 0 Å². The molecule has 0 unspecified atom stereocenters. The van der Waals surface area contributed by atoms with Gasteiger partial charge >= 0.3 is 0 Å². The van der Waals surface area contributed by atoms with Crippen molar-refractivity contribution in [2.24, 2.45) is 5.84 Å². The van der Waals surface area contributed by atoms with E-state index in [2.05, 4.69) is 60.0 Å². The maximum absolute atomic E-state index is 5.41. The summed E-state index contributed by atoms with van der Waals surface area (Å²) < 4.78 is 0. The summed E-state index contributed by atoms with van der Waals surface area (Å²) in [5.41, 5.74) is 13.9. The van der Waals surface area contributed by atoms with E-state index >= 15 is 0 Å². The van der Waals surface area contributed by atoms with Crippen LogP contribution in [-0.4, -0.2) is 0 Å². The van der Waals surface area contributed by atoms with Crippen LogP contribution in [0.25, 0.3) is 0 Å². The van der Waals surface area contributed by atoms with Crippen molar-refractivity contribution in [3.63, 3.8) is 0 Å². The molecule has 0 spiro atoms. The summed E-state index contributed by atoms with van der Waals surface area (Å²) in [6, 6.07) is 26.5. The number of hydrogen-bond acceptors (Lipinski definition) is 3. The van der Waals surface area contributed by atoms with Gasteiger partial charge in [0.25, 0.3) is 0 Å². The molecule has 3 aromatic carbocycles. The van der Waals surface area contributed by atoms with Gasteiger partial charge < -0.3 is 11.2 Å².